The van der Waals surface area contributed by atoms with Crippen molar-refractivity contribution in [1.82, 2.24) is 5.32 Å². The van der Waals surface area contributed by atoms with Crippen molar-refractivity contribution in [3.63, 3.8) is 0 Å². The normalized spacial score (nSPS) is 14.0. The highest BCUT2D eigenvalue weighted by atomic mass is 32.2. The number of aliphatic hydroxyl groups is 1. The number of rotatable bonds is 6. The van der Waals surface area contributed by atoms with Gasteiger partial charge in [0.25, 0.3) is 5.91 Å². The van der Waals surface area contributed by atoms with Gasteiger partial charge in [-0.3, -0.25) is 4.79 Å². The molecule has 0 aliphatic carbocycles. The Hall–Kier alpha value is -1.04. The monoisotopic (exact) mass is 269 g/mol. The van der Waals surface area contributed by atoms with Crippen LogP contribution in [-0.2, 0) is 4.74 Å². The summed E-state index contributed by atoms with van der Waals surface area (Å²) in [6.45, 7) is 1.96. The van der Waals surface area contributed by atoms with Gasteiger partial charge in [0.05, 0.1) is 12.2 Å². The van der Waals surface area contributed by atoms with E-state index in [-0.39, 0.29) is 19.1 Å². The van der Waals surface area contributed by atoms with Crippen LogP contribution in [0.1, 0.15) is 17.3 Å². The minimum atomic E-state index is -1.06. The summed E-state index contributed by atoms with van der Waals surface area (Å²) in [5.41, 5.74) is -0.433. The van der Waals surface area contributed by atoms with Crippen LogP contribution >= 0.6 is 11.8 Å². The van der Waals surface area contributed by atoms with Gasteiger partial charge in [-0.1, -0.05) is 12.1 Å². The highest BCUT2D eigenvalue weighted by molar-refractivity contribution is 7.98. The Morgan fingerprint density at radius 1 is 1.50 bits per heavy atom. The molecule has 0 bridgehead atoms. The van der Waals surface area contributed by atoms with Gasteiger partial charge in [-0.15, -0.1) is 11.8 Å². The van der Waals surface area contributed by atoms with Gasteiger partial charge in [-0.25, -0.2) is 0 Å². The lowest BCUT2D eigenvalue weighted by Gasteiger charge is -2.22. The molecule has 1 atom stereocenters. The fourth-order valence-electron chi connectivity index (χ4n) is 1.56. The number of benzene rings is 1. The standard InChI is InChI=1S/C13H19NO3S/c1-13(16,9-17-2)8-14-12(15)10-6-4-5-7-11(10)18-3/h4-7,16H,8-9H2,1-3H3,(H,14,15)/t13-/m1/s1. The summed E-state index contributed by atoms with van der Waals surface area (Å²) in [5, 5.41) is 12.6. The van der Waals surface area contributed by atoms with Gasteiger partial charge in [-0.05, 0) is 25.3 Å². The van der Waals surface area contributed by atoms with E-state index in [9.17, 15) is 9.90 Å². The number of methoxy groups -OCH3 is 1. The quantitative estimate of drug-likeness (QED) is 0.769. The van der Waals surface area contributed by atoms with Crippen LogP contribution in [0.3, 0.4) is 0 Å². The van der Waals surface area contributed by atoms with E-state index in [1.807, 2.05) is 24.5 Å². The molecular weight excluding hydrogens is 250 g/mol. The summed E-state index contributed by atoms with van der Waals surface area (Å²) < 4.78 is 4.88. The average Bonchev–Trinajstić information content (AvgIpc) is 2.36. The summed E-state index contributed by atoms with van der Waals surface area (Å²) in [7, 11) is 1.51. The molecule has 0 fully saturated rings. The molecule has 0 saturated carbocycles. The first-order valence-corrected chi connectivity index (χ1v) is 6.85. The minimum absolute atomic E-state index is 0.155. The van der Waals surface area contributed by atoms with Crippen LogP contribution in [0.5, 0.6) is 0 Å². The second kappa shape index (κ2) is 6.78. The average molecular weight is 269 g/mol. The third-order valence-electron chi connectivity index (χ3n) is 2.44. The first-order chi connectivity index (χ1) is 8.50. The van der Waals surface area contributed by atoms with E-state index >= 15 is 0 Å². The molecule has 100 valence electrons. The van der Waals surface area contributed by atoms with Gasteiger partial charge in [0.15, 0.2) is 0 Å². The fourth-order valence-corrected chi connectivity index (χ4v) is 2.16. The molecule has 0 spiro atoms. The molecule has 0 saturated heterocycles. The topological polar surface area (TPSA) is 58.6 Å². The third kappa shape index (κ3) is 4.33. The zero-order valence-electron chi connectivity index (χ0n) is 10.9. The summed E-state index contributed by atoms with van der Waals surface area (Å²) >= 11 is 1.52. The molecule has 0 heterocycles. The van der Waals surface area contributed by atoms with E-state index in [4.69, 9.17) is 4.74 Å². The Morgan fingerprint density at radius 3 is 2.78 bits per heavy atom. The lowest BCUT2D eigenvalue weighted by atomic mass is 10.1. The number of hydrogen-bond donors (Lipinski definition) is 2. The summed E-state index contributed by atoms with van der Waals surface area (Å²) in [6.07, 6.45) is 1.92. The number of ether oxygens (including phenoxy) is 1. The molecule has 5 heteroatoms. The van der Waals surface area contributed by atoms with Gasteiger partial charge in [-0.2, -0.15) is 0 Å². The Kier molecular flexibility index (Phi) is 5.65. The number of carbonyl (C=O) groups excluding carboxylic acids is 1. The number of amides is 1. The molecule has 0 aliphatic heterocycles. The summed E-state index contributed by atoms with van der Waals surface area (Å²) in [4.78, 5) is 12.9. The van der Waals surface area contributed by atoms with Crippen LogP contribution in [0.4, 0.5) is 0 Å². The first-order valence-electron chi connectivity index (χ1n) is 5.63. The molecule has 0 radical (unpaired) electrons. The van der Waals surface area contributed by atoms with Crippen LogP contribution in [0.15, 0.2) is 29.2 Å². The second-order valence-corrected chi connectivity index (χ2v) is 5.16. The van der Waals surface area contributed by atoms with Crippen LogP contribution in [0.2, 0.25) is 0 Å². The number of hydrogen-bond acceptors (Lipinski definition) is 4. The second-order valence-electron chi connectivity index (χ2n) is 4.31. The van der Waals surface area contributed by atoms with E-state index < -0.39 is 5.60 Å². The molecule has 0 aromatic heterocycles. The van der Waals surface area contributed by atoms with Gasteiger partial charge in [0.2, 0.25) is 0 Å². The van der Waals surface area contributed by atoms with E-state index in [1.165, 1.54) is 18.9 Å². The lowest BCUT2D eigenvalue weighted by molar-refractivity contribution is -0.0147. The molecule has 1 rings (SSSR count). The minimum Gasteiger partial charge on any atom is -0.386 e. The fraction of sp³-hybridized carbons (Fsp3) is 0.462. The van der Waals surface area contributed by atoms with E-state index in [0.29, 0.717) is 5.56 Å². The van der Waals surface area contributed by atoms with Crippen molar-refractivity contribution in [1.29, 1.82) is 0 Å². The van der Waals surface area contributed by atoms with Gasteiger partial charge in [0.1, 0.15) is 5.60 Å². The van der Waals surface area contributed by atoms with Crippen molar-refractivity contribution in [3.8, 4) is 0 Å². The van der Waals surface area contributed by atoms with Crippen LogP contribution < -0.4 is 5.32 Å². The Bertz CT molecular complexity index is 407. The molecule has 1 aromatic carbocycles. The Morgan fingerprint density at radius 2 is 2.17 bits per heavy atom. The van der Waals surface area contributed by atoms with Crippen molar-refractivity contribution < 1.29 is 14.6 Å². The van der Waals surface area contributed by atoms with Crippen molar-refractivity contribution in [2.24, 2.45) is 0 Å². The van der Waals surface area contributed by atoms with Crippen LogP contribution in [0, 0.1) is 0 Å². The van der Waals surface area contributed by atoms with Crippen molar-refractivity contribution >= 4 is 17.7 Å². The molecule has 18 heavy (non-hydrogen) atoms. The van der Waals surface area contributed by atoms with E-state index in [0.717, 1.165) is 4.90 Å². The predicted molar refractivity (Wildman–Crippen MR) is 73.1 cm³/mol. The number of thioether (sulfide) groups is 1. The van der Waals surface area contributed by atoms with Gasteiger partial charge < -0.3 is 15.2 Å². The molecule has 0 aliphatic rings. The maximum Gasteiger partial charge on any atom is 0.252 e. The zero-order chi connectivity index (χ0) is 13.6. The van der Waals surface area contributed by atoms with E-state index in [2.05, 4.69) is 5.32 Å². The Balaban J connectivity index is 2.66. The van der Waals surface area contributed by atoms with Crippen molar-refractivity contribution in [3.05, 3.63) is 29.8 Å². The zero-order valence-corrected chi connectivity index (χ0v) is 11.7. The largest absolute Gasteiger partial charge is 0.386 e. The molecule has 0 unspecified atom stereocenters. The molecule has 1 aromatic rings. The molecular formula is C13H19NO3S. The van der Waals surface area contributed by atoms with Gasteiger partial charge >= 0.3 is 0 Å². The highest BCUT2D eigenvalue weighted by Crippen LogP contribution is 2.19. The number of nitrogens with one attached hydrogen (secondary N) is 1. The van der Waals surface area contributed by atoms with Crippen molar-refractivity contribution in [2.45, 2.75) is 17.4 Å². The summed E-state index contributed by atoms with van der Waals surface area (Å²) in [6, 6.07) is 7.38. The van der Waals surface area contributed by atoms with E-state index in [1.54, 1.807) is 13.0 Å². The molecule has 4 nitrogen and oxygen atoms in total. The Labute approximate surface area is 112 Å². The van der Waals surface area contributed by atoms with Gasteiger partial charge in [0, 0.05) is 18.6 Å². The third-order valence-corrected chi connectivity index (χ3v) is 3.23. The molecule has 1 amide bonds. The first kappa shape index (κ1) is 15.0. The summed E-state index contributed by atoms with van der Waals surface area (Å²) in [5.74, 6) is -0.184. The number of carbonyl (C=O) groups is 1. The van der Waals surface area contributed by atoms with Crippen LogP contribution in [-0.4, -0.2) is 43.1 Å². The smallest absolute Gasteiger partial charge is 0.252 e. The predicted octanol–water partition coefficient (Wildman–Crippen LogP) is 1.54. The maximum atomic E-state index is 12.0. The highest BCUT2D eigenvalue weighted by Gasteiger charge is 2.21. The van der Waals surface area contributed by atoms with Crippen molar-refractivity contribution in [2.75, 3.05) is 26.5 Å². The SMILES string of the molecule is COC[C@](C)(O)CNC(=O)c1ccccc1SC. The lowest BCUT2D eigenvalue weighted by Crippen LogP contribution is -2.43. The maximum absolute atomic E-state index is 12.0. The molecule has 2 N–H and O–H groups in total. The van der Waals surface area contributed by atoms with Crippen LogP contribution in [0.25, 0.3) is 0 Å².